The van der Waals surface area contributed by atoms with Gasteiger partial charge in [-0.15, -0.1) is 10.2 Å². The highest BCUT2D eigenvalue weighted by Gasteiger charge is 2.13. The van der Waals surface area contributed by atoms with Gasteiger partial charge in [-0.2, -0.15) is 0 Å². The highest BCUT2D eigenvalue weighted by atomic mass is 16.1. The van der Waals surface area contributed by atoms with E-state index in [1.165, 1.54) is 18.5 Å². The molecule has 138 valence electrons. The molecule has 1 aliphatic heterocycles. The van der Waals surface area contributed by atoms with Gasteiger partial charge in [0.1, 0.15) is 0 Å². The van der Waals surface area contributed by atoms with Crippen LogP contribution < -0.4 is 15.1 Å². The summed E-state index contributed by atoms with van der Waals surface area (Å²) < 4.78 is 0. The largest absolute Gasteiger partial charge is 0.372 e. The summed E-state index contributed by atoms with van der Waals surface area (Å²) in [5, 5.41) is 11.1. The van der Waals surface area contributed by atoms with E-state index in [4.69, 9.17) is 0 Å². The Morgan fingerprint density at radius 1 is 1.12 bits per heavy atom. The van der Waals surface area contributed by atoms with Gasteiger partial charge in [-0.25, -0.2) is 0 Å². The Kier molecular flexibility index (Phi) is 6.04. The van der Waals surface area contributed by atoms with Gasteiger partial charge in [0, 0.05) is 38.1 Å². The fraction of sp³-hybridized carbons (Fsp3) is 0.450. The molecule has 1 N–H and O–H groups in total. The highest BCUT2D eigenvalue weighted by Crippen LogP contribution is 2.22. The molecule has 0 bridgehead atoms. The number of hydrogen-bond acceptors (Lipinski definition) is 5. The van der Waals surface area contributed by atoms with Crippen molar-refractivity contribution in [2.45, 2.75) is 32.6 Å². The van der Waals surface area contributed by atoms with Crippen LogP contribution in [0.25, 0.3) is 0 Å². The topological polar surface area (TPSA) is 61.4 Å². The number of hydrogen-bond donors (Lipinski definition) is 1. The van der Waals surface area contributed by atoms with Crippen molar-refractivity contribution in [3.05, 3.63) is 42.1 Å². The summed E-state index contributed by atoms with van der Waals surface area (Å²) in [7, 11) is 1.99. The van der Waals surface area contributed by atoms with Crippen molar-refractivity contribution in [1.29, 1.82) is 0 Å². The summed E-state index contributed by atoms with van der Waals surface area (Å²) >= 11 is 0. The molecule has 0 radical (unpaired) electrons. The molecule has 0 saturated carbocycles. The zero-order valence-corrected chi connectivity index (χ0v) is 15.6. The summed E-state index contributed by atoms with van der Waals surface area (Å²) in [5.41, 5.74) is 2.30. The van der Waals surface area contributed by atoms with Crippen molar-refractivity contribution in [3.8, 4) is 0 Å². The van der Waals surface area contributed by atoms with E-state index in [2.05, 4.69) is 44.4 Å². The fourth-order valence-electron chi connectivity index (χ4n) is 3.09. The van der Waals surface area contributed by atoms with Crippen molar-refractivity contribution in [2.24, 2.45) is 0 Å². The third kappa shape index (κ3) is 4.50. The third-order valence-electron chi connectivity index (χ3n) is 4.72. The molecule has 1 aromatic heterocycles. The maximum absolute atomic E-state index is 12.4. The van der Waals surface area contributed by atoms with Gasteiger partial charge in [-0.1, -0.05) is 13.3 Å². The molecule has 3 rings (SSSR count). The zero-order valence-electron chi connectivity index (χ0n) is 15.6. The molecule has 1 amide bonds. The number of carbonyl (C=O) groups excluding carboxylic acids is 1. The van der Waals surface area contributed by atoms with Crippen LogP contribution in [0.4, 0.5) is 17.2 Å². The predicted octanol–water partition coefficient (Wildman–Crippen LogP) is 3.57. The van der Waals surface area contributed by atoms with Gasteiger partial charge >= 0.3 is 0 Å². The van der Waals surface area contributed by atoms with Crippen molar-refractivity contribution in [3.63, 3.8) is 0 Å². The molecule has 0 unspecified atom stereocenters. The van der Waals surface area contributed by atoms with Crippen molar-refractivity contribution >= 4 is 23.1 Å². The first-order chi connectivity index (χ1) is 12.7. The smallest absolute Gasteiger partial charge is 0.276 e. The lowest BCUT2D eigenvalue weighted by Gasteiger charge is -2.18. The maximum Gasteiger partial charge on any atom is 0.276 e. The lowest BCUT2D eigenvalue weighted by molar-refractivity contribution is 0.102. The third-order valence-corrected chi connectivity index (χ3v) is 4.72. The molecule has 0 aliphatic carbocycles. The number of nitrogens with one attached hydrogen (secondary N) is 1. The van der Waals surface area contributed by atoms with Gasteiger partial charge in [-0.05, 0) is 55.7 Å². The first-order valence-corrected chi connectivity index (χ1v) is 9.38. The van der Waals surface area contributed by atoms with Crippen molar-refractivity contribution in [1.82, 2.24) is 10.2 Å². The summed E-state index contributed by atoms with van der Waals surface area (Å²) in [6.07, 6.45) is 4.74. The number of carbonyl (C=O) groups is 1. The molecular formula is C20H27N5O. The van der Waals surface area contributed by atoms with Gasteiger partial charge in [0.15, 0.2) is 11.5 Å². The minimum atomic E-state index is -0.241. The first kappa shape index (κ1) is 18.2. The van der Waals surface area contributed by atoms with Crippen LogP contribution in [0.5, 0.6) is 0 Å². The molecule has 2 aromatic rings. The van der Waals surface area contributed by atoms with Crippen LogP contribution in [0.15, 0.2) is 36.4 Å². The maximum atomic E-state index is 12.4. The first-order valence-electron chi connectivity index (χ1n) is 9.38. The molecule has 2 heterocycles. The standard InChI is InChI=1S/C20H27N5O/c1-3-4-13-24(2)19-12-11-18(22-23-19)20(26)21-16-7-9-17(10-8-16)25-14-5-6-15-25/h7-12H,3-6,13-15H2,1-2H3,(H,21,26). The minimum Gasteiger partial charge on any atom is -0.372 e. The van der Waals surface area contributed by atoms with E-state index in [1.807, 2.05) is 25.2 Å². The van der Waals surface area contributed by atoms with E-state index in [1.54, 1.807) is 6.07 Å². The van der Waals surface area contributed by atoms with Crippen LogP contribution in [0.2, 0.25) is 0 Å². The number of rotatable bonds is 7. The van der Waals surface area contributed by atoms with Crippen molar-refractivity contribution in [2.75, 3.05) is 41.8 Å². The quantitative estimate of drug-likeness (QED) is 0.824. The van der Waals surface area contributed by atoms with Gasteiger partial charge in [0.05, 0.1) is 0 Å². The molecule has 6 heteroatoms. The van der Waals surface area contributed by atoms with Crippen LogP contribution in [0.1, 0.15) is 43.1 Å². The second-order valence-corrected chi connectivity index (χ2v) is 6.75. The van der Waals surface area contributed by atoms with Gasteiger partial charge in [0.2, 0.25) is 0 Å². The second kappa shape index (κ2) is 8.65. The van der Waals surface area contributed by atoms with E-state index in [0.29, 0.717) is 5.69 Å². The average molecular weight is 353 g/mol. The van der Waals surface area contributed by atoms with E-state index >= 15 is 0 Å². The summed E-state index contributed by atoms with van der Waals surface area (Å²) in [4.78, 5) is 16.8. The lowest BCUT2D eigenvalue weighted by atomic mass is 10.2. The summed E-state index contributed by atoms with van der Waals surface area (Å²) in [5.74, 6) is 0.541. The molecule has 0 spiro atoms. The summed E-state index contributed by atoms with van der Waals surface area (Å²) in [6, 6.07) is 11.5. The Morgan fingerprint density at radius 2 is 1.85 bits per heavy atom. The SMILES string of the molecule is CCCCN(C)c1ccc(C(=O)Nc2ccc(N3CCCC3)cc2)nn1. The zero-order chi connectivity index (χ0) is 18.4. The molecule has 1 aromatic carbocycles. The molecule has 1 fully saturated rings. The second-order valence-electron chi connectivity index (χ2n) is 6.75. The minimum absolute atomic E-state index is 0.241. The summed E-state index contributed by atoms with van der Waals surface area (Å²) in [6.45, 7) is 5.31. The Balaban J connectivity index is 1.59. The van der Waals surface area contributed by atoms with Crippen LogP contribution in [0, 0.1) is 0 Å². The molecule has 1 aliphatic rings. The van der Waals surface area contributed by atoms with Crippen LogP contribution in [0.3, 0.4) is 0 Å². The van der Waals surface area contributed by atoms with E-state index < -0.39 is 0 Å². The normalized spacial score (nSPS) is 13.7. The Hall–Kier alpha value is -2.63. The molecule has 26 heavy (non-hydrogen) atoms. The van der Waals surface area contributed by atoms with E-state index in [-0.39, 0.29) is 5.91 Å². The number of anilines is 3. The van der Waals surface area contributed by atoms with Crippen LogP contribution in [-0.2, 0) is 0 Å². The number of nitrogens with zero attached hydrogens (tertiary/aromatic N) is 4. The average Bonchev–Trinajstić information content (AvgIpc) is 3.21. The number of aromatic nitrogens is 2. The monoisotopic (exact) mass is 353 g/mol. The van der Waals surface area contributed by atoms with Gasteiger partial charge in [0.25, 0.3) is 5.91 Å². The number of amides is 1. The Bertz CT molecular complexity index is 708. The molecule has 1 saturated heterocycles. The lowest BCUT2D eigenvalue weighted by Crippen LogP contribution is -2.21. The van der Waals surface area contributed by atoms with E-state index in [9.17, 15) is 4.79 Å². The molecule has 6 nitrogen and oxygen atoms in total. The van der Waals surface area contributed by atoms with E-state index in [0.717, 1.165) is 44.0 Å². The van der Waals surface area contributed by atoms with Crippen LogP contribution in [-0.4, -0.2) is 42.8 Å². The molecular weight excluding hydrogens is 326 g/mol. The predicted molar refractivity (Wildman–Crippen MR) is 106 cm³/mol. The van der Waals surface area contributed by atoms with Crippen LogP contribution >= 0.6 is 0 Å². The Morgan fingerprint density at radius 3 is 2.46 bits per heavy atom. The number of benzene rings is 1. The van der Waals surface area contributed by atoms with Gasteiger partial charge < -0.3 is 15.1 Å². The number of unbranched alkanes of at least 4 members (excludes halogenated alkanes) is 1. The Labute approximate surface area is 155 Å². The van der Waals surface area contributed by atoms with Gasteiger partial charge in [-0.3, -0.25) is 4.79 Å². The fourth-order valence-corrected chi connectivity index (χ4v) is 3.09. The highest BCUT2D eigenvalue weighted by molar-refractivity contribution is 6.02. The molecule has 0 atom stereocenters. The van der Waals surface area contributed by atoms with Crippen molar-refractivity contribution < 1.29 is 4.79 Å².